The largest absolute Gasteiger partial charge is 0.495 e. The molecule has 1 unspecified atom stereocenters. The van der Waals surface area contributed by atoms with Gasteiger partial charge in [-0.2, -0.15) is 0 Å². The van der Waals surface area contributed by atoms with Gasteiger partial charge in [-0.05, 0) is 59.8 Å². The fraction of sp³-hybridized carbons (Fsp3) is 0.360. The normalized spacial score (nSPS) is 14.6. The van der Waals surface area contributed by atoms with E-state index < -0.39 is 16.0 Å². The van der Waals surface area contributed by atoms with E-state index in [1.807, 2.05) is 13.8 Å². The van der Waals surface area contributed by atoms with E-state index in [2.05, 4.69) is 44.0 Å². The second-order valence-electron chi connectivity index (χ2n) is 7.95. The van der Waals surface area contributed by atoms with E-state index in [1.165, 1.54) is 51.9 Å². The van der Waals surface area contributed by atoms with Crippen molar-refractivity contribution in [1.29, 1.82) is 0 Å². The van der Waals surface area contributed by atoms with Crippen LogP contribution in [0.2, 0.25) is 0 Å². The Bertz CT molecular complexity index is 1270. The number of nitrogens with two attached hydrogens (primary N) is 1. The van der Waals surface area contributed by atoms with Crippen LogP contribution in [-0.2, 0) is 26.6 Å². The van der Waals surface area contributed by atoms with E-state index in [0.717, 1.165) is 27.8 Å². The first kappa shape index (κ1) is 28.0. The van der Waals surface area contributed by atoms with Crippen LogP contribution >= 0.6 is 26.6 Å². The van der Waals surface area contributed by atoms with Gasteiger partial charge in [-0.1, -0.05) is 41.0 Å². The summed E-state index contributed by atoms with van der Waals surface area (Å²) >= 11 is 3.51. The van der Waals surface area contributed by atoms with E-state index in [0.29, 0.717) is 11.2 Å². The van der Waals surface area contributed by atoms with Crippen molar-refractivity contribution in [2.24, 2.45) is 0 Å². The number of esters is 1. The Kier molecular flexibility index (Phi) is 9.08. The summed E-state index contributed by atoms with van der Waals surface area (Å²) in [5.74, 6) is 1.28. The first-order valence-electron chi connectivity index (χ1n) is 11.2. The molecule has 3 aromatic rings. The molecule has 11 heteroatoms. The first-order chi connectivity index (χ1) is 17.2. The lowest BCUT2D eigenvalue weighted by Crippen LogP contribution is -2.17. The molecule has 1 spiro atoms. The van der Waals surface area contributed by atoms with Gasteiger partial charge < -0.3 is 24.5 Å². The van der Waals surface area contributed by atoms with Crippen molar-refractivity contribution in [3.63, 3.8) is 0 Å². The van der Waals surface area contributed by atoms with Crippen LogP contribution in [0.3, 0.4) is 0 Å². The average Bonchev–Trinajstić information content (AvgIpc) is 3.57. The molecule has 2 aromatic carbocycles. The van der Waals surface area contributed by atoms with Crippen LogP contribution in [0.5, 0.6) is 11.5 Å². The highest BCUT2D eigenvalue weighted by molar-refractivity contribution is 9.10. The second kappa shape index (κ2) is 11.7. The molecule has 194 valence electrons. The minimum atomic E-state index is -1.81. The number of anilines is 1. The summed E-state index contributed by atoms with van der Waals surface area (Å²) in [5.41, 5.74) is 10.1. The Labute approximate surface area is 225 Å². The predicted molar refractivity (Wildman–Crippen MR) is 143 cm³/mol. The van der Waals surface area contributed by atoms with Gasteiger partial charge in [-0.15, -0.1) is 0 Å². The zero-order valence-corrected chi connectivity index (χ0v) is 23.8. The summed E-state index contributed by atoms with van der Waals surface area (Å²) < 4.78 is 32.4. The zero-order valence-electron chi connectivity index (χ0n) is 20.6. The molecule has 1 fully saturated rings. The van der Waals surface area contributed by atoms with Crippen molar-refractivity contribution < 1.29 is 27.7 Å². The van der Waals surface area contributed by atoms with Crippen LogP contribution in [0.15, 0.2) is 44.2 Å². The van der Waals surface area contributed by atoms with Crippen molar-refractivity contribution in [3.05, 3.63) is 51.5 Å². The van der Waals surface area contributed by atoms with Crippen LogP contribution in [0.1, 0.15) is 48.2 Å². The summed E-state index contributed by atoms with van der Waals surface area (Å²) in [6.45, 7) is 4.00. The number of aromatic nitrogens is 1. The maximum Gasteiger partial charge on any atom is 0.338 e. The third kappa shape index (κ3) is 5.40. The molecule has 1 aromatic heterocycles. The van der Waals surface area contributed by atoms with Gasteiger partial charge in [0.05, 0.1) is 26.9 Å². The lowest BCUT2D eigenvalue weighted by Gasteiger charge is -2.24. The summed E-state index contributed by atoms with van der Waals surface area (Å²) in [5, 5.41) is 3.91. The SMILES string of the molecule is CC.COC(=O)c1cc(OC)c(S(=O)Cl)c(OC)c1.Nc1noc2c1CC1(CC1)c1ccc(Br)cc1-2. The highest BCUT2D eigenvalue weighted by atomic mass is 79.9. The number of hydrogen-bond donors (Lipinski definition) is 1. The molecular formula is C25H28BrClN2O6S. The van der Waals surface area contributed by atoms with Crippen molar-refractivity contribution >= 4 is 48.4 Å². The molecule has 0 saturated heterocycles. The Morgan fingerprint density at radius 3 is 2.25 bits per heavy atom. The predicted octanol–water partition coefficient (Wildman–Crippen LogP) is 6.05. The van der Waals surface area contributed by atoms with E-state index in [9.17, 15) is 9.00 Å². The molecule has 2 aliphatic rings. The maximum absolute atomic E-state index is 11.4. The third-order valence-corrected chi connectivity index (χ3v) is 7.71. The standard InChI is InChI=1S/C13H11BrN2O.C10H11ClO5S.C2H6/c14-7-1-2-10-8(5-7)11-9(12(15)16-17-11)6-13(10)3-4-13;1-14-7-4-6(10(12)16-3)5-8(15-2)9(7)17(11)13;1-2/h1-2,5H,3-4,6H2,(H2,15,16);4-5H,1-3H3;1-2H3. The fourth-order valence-corrected chi connectivity index (χ4v) is 5.59. The molecule has 5 rings (SSSR count). The van der Waals surface area contributed by atoms with Gasteiger partial charge in [-0.3, -0.25) is 0 Å². The Morgan fingerprint density at radius 2 is 1.75 bits per heavy atom. The number of halogens is 2. The van der Waals surface area contributed by atoms with E-state index in [-0.39, 0.29) is 22.0 Å². The summed E-state index contributed by atoms with van der Waals surface area (Å²) in [4.78, 5) is 11.6. The smallest absolute Gasteiger partial charge is 0.338 e. The fourth-order valence-electron chi connectivity index (χ4n) is 4.18. The molecule has 1 atom stereocenters. The van der Waals surface area contributed by atoms with Gasteiger partial charge in [0.15, 0.2) is 21.6 Å². The molecule has 0 amide bonds. The number of carbonyl (C=O) groups is 1. The number of benzene rings is 2. The van der Waals surface area contributed by atoms with Crippen molar-refractivity contribution in [1.82, 2.24) is 5.16 Å². The zero-order chi connectivity index (χ0) is 26.6. The molecule has 0 radical (unpaired) electrons. The third-order valence-electron chi connectivity index (χ3n) is 6.03. The van der Waals surface area contributed by atoms with Crippen molar-refractivity contribution in [2.45, 2.75) is 43.4 Å². The monoisotopic (exact) mass is 598 g/mol. The Morgan fingerprint density at radius 1 is 1.14 bits per heavy atom. The number of methoxy groups -OCH3 is 3. The van der Waals surface area contributed by atoms with Gasteiger partial charge in [-0.25, -0.2) is 9.00 Å². The molecule has 2 aliphatic carbocycles. The van der Waals surface area contributed by atoms with Gasteiger partial charge in [0, 0.05) is 21.0 Å². The minimum absolute atomic E-state index is 0.185. The summed E-state index contributed by atoms with van der Waals surface area (Å²) in [7, 11) is 7.74. The molecule has 0 bridgehead atoms. The minimum Gasteiger partial charge on any atom is -0.495 e. The van der Waals surface area contributed by atoms with Crippen LogP contribution in [0, 0.1) is 0 Å². The molecule has 36 heavy (non-hydrogen) atoms. The van der Waals surface area contributed by atoms with Crippen LogP contribution < -0.4 is 15.2 Å². The van der Waals surface area contributed by atoms with Crippen molar-refractivity contribution in [2.75, 3.05) is 27.1 Å². The van der Waals surface area contributed by atoms with Gasteiger partial charge in [0.1, 0.15) is 16.4 Å². The Hall–Kier alpha value is -2.56. The van der Waals surface area contributed by atoms with Crippen LogP contribution in [-0.4, -0.2) is 36.7 Å². The van der Waals surface area contributed by atoms with Gasteiger partial charge in [0.25, 0.3) is 0 Å². The number of ether oxygens (including phenoxy) is 3. The summed E-state index contributed by atoms with van der Waals surface area (Å²) in [6, 6.07) is 9.20. The van der Waals surface area contributed by atoms with Crippen molar-refractivity contribution in [3.8, 4) is 22.8 Å². The molecule has 1 saturated carbocycles. The van der Waals surface area contributed by atoms with Crippen LogP contribution in [0.25, 0.3) is 11.3 Å². The van der Waals surface area contributed by atoms with E-state index >= 15 is 0 Å². The number of nitrogens with zero attached hydrogens (tertiary/aromatic N) is 1. The molecule has 8 nitrogen and oxygen atoms in total. The number of carbonyl (C=O) groups excluding carboxylic acids is 1. The molecule has 2 N–H and O–H groups in total. The molecule has 0 aliphatic heterocycles. The first-order valence-corrected chi connectivity index (χ1v) is 14.0. The summed E-state index contributed by atoms with van der Waals surface area (Å²) in [6.07, 6.45) is 3.46. The lowest BCUT2D eigenvalue weighted by molar-refractivity contribution is 0.0599. The van der Waals surface area contributed by atoms with E-state index in [1.54, 1.807) is 0 Å². The topological polar surface area (TPSA) is 114 Å². The highest BCUT2D eigenvalue weighted by Crippen LogP contribution is 2.58. The number of nitrogen functional groups attached to an aromatic ring is 1. The maximum atomic E-state index is 11.4. The number of fused-ring (bicyclic) bond motifs is 4. The van der Waals surface area contributed by atoms with Crippen LogP contribution in [0.4, 0.5) is 5.82 Å². The molecule has 1 heterocycles. The van der Waals surface area contributed by atoms with E-state index in [4.69, 9.17) is 30.4 Å². The lowest BCUT2D eigenvalue weighted by atomic mass is 9.79. The van der Waals surface area contributed by atoms with Gasteiger partial charge >= 0.3 is 5.97 Å². The Balaban J connectivity index is 0.000000188. The second-order valence-corrected chi connectivity index (χ2v) is 10.6. The quantitative estimate of drug-likeness (QED) is 0.285. The highest BCUT2D eigenvalue weighted by Gasteiger charge is 2.50. The molecular weight excluding hydrogens is 572 g/mol. The van der Waals surface area contributed by atoms with Gasteiger partial charge in [0.2, 0.25) is 0 Å². The number of rotatable bonds is 4. The number of hydrogen-bond acceptors (Lipinski definition) is 8. The average molecular weight is 600 g/mol.